The maximum Gasteiger partial charge on any atom is 1.00 e. The fourth-order valence-electron chi connectivity index (χ4n) is 5.11. The van der Waals surface area contributed by atoms with Crippen molar-refractivity contribution in [3.05, 3.63) is 36.0 Å². The van der Waals surface area contributed by atoms with Crippen molar-refractivity contribution in [3.8, 4) is 5.75 Å². The molecule has 0 aromatic heterocycles. The molecule has 1 aliphatic heterocycles. The zero-order chi connectivity index (χ0) is 15.6. The molecular weight excluding hydrogens is 373 g/mol. The Hall–Kier alpha value is 0.755. The molecule has 0 saturated heterocycles. The van der Waals surface area contributed by atoms with E-state index in [1.54, 1.807) is 12.1 Å². The zero-order valence-corrected chi connectivity index (χ0v) is 19.9. The number of halogens is 1. The molecule has 1 heterocycles. The minimum Gasteiger partial charge on any atom is -0.490 e. The van der Waals surface area contributed by atoms with Gasteiger partial charge in [-0.25, -0.2) is 4.39 Å². The first kappa shape index (κ1) is 19.5. The van der Waals surface area contributed by atoms with E-state index in [-0.39, 0.29) is 64.0 Å². The third kappa shape index (κ3) is 4.53. The third-order valence-corrected chi connectivity index (χ3v) is 6.50. The maximum atomic E-state index is 13.4. The summed E-state index contributed by atoms with van der Waals surface area (Å²) in [7, 11) is 0. The molecule has 1 aromatic carbocycles. The van der Waals surface area contributed by atoms with Crippen molar-refractivity contribution < 1.29 is 67.3 Å². The number of hydrogen-bond donors (Lipinski definition) is 0. The number of fused-ring (bicyclic) bond motifs is 1. The van der Waals surface area contributed by atoms with Gasteiger partial charge in [0.1, 0.15) is 17.7 Å². The average Bonchev–Trinajstić information content (AvgIpc) is 2.62. The monoisotopic (exact) mass is 400 g/mol. The van der Waals surface area contributed by atoms with Crippen molar-refractivity contribution in [2.24, 2.45) is 17.8 Å². The van der Waals surface area contributed by atoms with Gasteiger partial charge in [0.2, 0.25) is 0 Å². The summed E-state index contributed by atoms with van der Waals surface area (Å²) in [5, 5.41) is 0. The second kappa shape index (κ2) is 9.11. The van der Waals surface area contributed by atoms with Crippen molar-refractivity contribution in [2.45, 2.75) is 70.3 Å². The van der Waals surface area contributed by atoms with E-state index >= 15 is 0 Å². The maximum absolute atomic E-state index is 13.4. The molecule has 2 fully saturated rings. The van der Waals surface area contributed by atoms with Gasteiger partial charge in [-0.15, -0.1) is 0 Å². The Balaban J connectivity index is 0.00000169. The molecule has 0 spiro atoms. The predicted octanol–water partition coefficient (Wildman–Crippen LogP) is 2.72. The van der Waals surface area contributed by atoms with Crippen LogP contribution in [0.5, 0.6) is 5.75 Å². The van der Waals surface area contributed by atoms with E-state index in [4.69, 9.17) is 4.74 Å². The van der Waals surface area contributed by atoms with Crippen LogP contribution in [0.15, 0.2) is 18.2 Å². The molecule has 0 amide bonds. The van der Waals surface area contributed by atoms with Crippen molar-refractivity contribution >= 4 is 0 Å². The molecule has 0 radical (unpaired) electrons. The molecule has 4 rings (SSSR count). The van der Waals surface area contributed by atoms with Crippen LogP contribution >= 0.6 is 0 Å². The summed E-state index contributed by atoms with van der Waals surface area (Å²) < 4.78 is 19.6. The normalized spacial score (nSPS) is 30.8. The van der Waals surface area contributed by atoms with Crippen LogP contribution in [0.1, 0.15) is 63.4 Å². The number of hydrogen-bond acceptors (Lipinski definition) is 1. The van der Waals surface area contributed by atoms with Crippen LogP contribution in [0, 0.1) is 30.0 Å². The van der Waals surface area contributed by atoms with Gasteiger partial charge in [0, 0.05) is 6.07 Å². The van der Waals surface area contributed by atoms with E-state index in [0.29, 0.717) is 12.0 Å². The molecule has 126 valence electrons. The van der Waals surface area contributed by atoms with Gasteiger partial charge in [-0.1, -0.05) is 18.9 Å². The number of aryl methyl sites for hydroxylation is 1. The van der Waals surface area contributed by atoms with Gasteiger partial charge in [-0.05, 0) is 67.9 Å². The summed E-state index contributed by atoms with van der Waals surface area (Å²) in [4.78, 5) is 0. The zero-order valence-electron chi connectivity index (χ0n) is 15.0. The Morgan fingerprint density at radius 1 is 0.875 bits per heavy atom. The number of ether oxygens (including phenoxy) is 1. The quantitative estimate of drug-likeness (QED) is 0.694. The van der Waals surface area contributed by atoms with E-state index < -0.39 is 0 Å². The van der Waals surface area contributed by atoms with E-state index in [1.807, 2.05) is 6.07 Å². The molecule has 2 aliphatic carbocycles. The smallest absolute Gasteiger partial charge is 0.490 e. The minimum absolute atomic E-state index is 0. The molecule has 1 nitrogen and oxygen atoms in total. The molecule has 2 saturated carbocycles. The van der Waals surface area contributed by atoms with E-state index in [9.17, 15) is 4.39 Å². The van der Waals surface area contributed by atoms with Gasteiger partial charge in [-0.2, -0.15) is 12.8 Å². The summed E-state index contributed by atoms with van der Waals surface area (Å²) in [6, 6.07) is 5.01. The van der Waals surface area contributed by atoms with Gasteiger partial charge in [0.25, 0.3) is 0 Å². The summed E-state index contributed by atoms with van der Waals surface area (Å²) >= 11 is 0. The van der Waals surface area contributed by atoms with Crippen LogP contribution in [0.3, 0.4) is 0 Å². The third-order valence-electron chi connectivity index (χ3n) is 6.50. The van der Waals surface area contributed by atoms with Gasteiger partial charge in [0.05, 0.1) is 0 Å². The van der Waals surface area contributed by atoms with Crippen LogP contribution in [-0.4, -0.2) is 6.10 Å². The molecule has 1 unspecified atom stereocenters. The van der Waals surface area contributed by atoms with Gasteiger partial charge in [0.15, 0.2) is 0 Å². The Morgan fingerprint density at radius 3 is 2.29 bits per heavy atom. The first-order valence-corrected chi connectivity index (χ1v) is 9.56. The molecule has 3 heteroatoms. The molecule has 1 aromatic rings. The minimum atomic E-state index is -0.179. The van der Waals surface area contributed by atoms with Crippen LogP contribution in [0.2, 0.25) is 0 Å². The van der Waals surface area contributed by atoms with Crippen molar-refractivity contribution in [1.29, 1.82) is 0 Å². The van der Waals surface area contributed by atoms with Crippen molar-refractivity contribution in [3.63, 3.8) is 0 Å². The first-order valence-electron chi connectivity index (χ1n) is 9.56. The van der Waals surface area contributed by atoms with E-state index in [1.165, 1.54) is 56.9 Å². The summed E-state index contributed by atoms with van der Waals surface area (Å²) in [5.41, 5.74) is 1.18. The number of benzene rings is 1. The van der Waals surface area contributed by atoms with Crippen LogP contribution in [0.4, 0.5) is 4.39 Å². The molecule has 1 atom stereocenters. The molecule has 24 heavy (non-hydrogen) atoms. The number of rotatable bonds is 2. The predicted molar refractivity (Wildman–Crippen MR) is 90.8 cm³/mol. The Labute approximate surface area is 194 Å². The van der Waals surface area contributed by atoms with Crippen LogP contribution in [0.25, 0.3) is 0 Å². The molecular formula is C21H28FORb. The standard InChI is InChI=1S/C21H28FO.Rb/c22-19-12-10-18-11-13-20(23-21(18)14-19)17-8-6-16(7-9-17)15-4-2-1-3-5-15;/h1,10,12,14-17,20H,2-9,11,13H2;/q-1;+1. The fraction of sp³-hybridized carbons (Fsp3) is 0.667. The van der Waals surface area contributed by atoms with Crippen LogP contribution < -0.4 is 62.9 Å². The largest absolute Gasteiger partial charge is 1.00 e. The van der Waals surface area contributed by atoms with Crippen molar-refractivity contribution in [2.75, 3.05) is 0 Å². The molecule has 0 N–H and O–H groups in total. The summed E-state index contributed by atoms with van der Waals surface area (Å²) in [5.74, 6) is 3.22. The SMILES string of the molecule is Fc1ccc2c(c1)OC(C1CCC(C3CC[CH-]CC3)CC1)CC2.[Rb+]. The Bertz CT molecular complexity index is 533. The van der Waals surface area contributed by atoms with E-state index in [0.717, 1.165) is 30.4 Å². The second-order valence-electron chi connectivity index (χ2n) is 7.83. The molecule has 3 aliphatic rings. The van der Waals surface area contributed by atoms with Gasteiger partial charge < -0.3 is 11.2 Å². The van der Waals surface area contributed by atoms with Crippen molar-refractivity contribution in [1.82, 2.24) is 0 Å². The summed E-state index contributed by atoms with van der Waals surface area (Å²) in [6.07, 6.45) is 15.8. The second-order valence-corrected chi connectivity index (χ2v) is 7.83. The topological polar surface area (TPSA) is 9.23 Å². The molecule has 0 bridgehead atoms. The van der Waals surface area contributed by atoms with E-state index in [2.05, 4.69) is 6.42 Å². The first-order chi connectivity index (χ1) is 11.3. The fourth-order valence-corrected chi connectivity index (χ4v) is 5.11. The van der Waals surface area contributed by atoms with Crippen LogP contribution in [-0.2, 0) is 6.42 Å². The Kier molecular flexibility index (Phi) is 7.40. The average molecular weight is 401 g/mol. The van der Waals surface area contributed by atoms with Gasteiger partial charge >= 0.3 is 58.2 Å². The Morgan fingerprint density at radius 2 is 1.54 bits per heavy atom. The summed E-state index contributed by atoms with van der Waals surface area (Å²) in [6.45, 7) is 0. The van der Waals surface area contributed by atoms with Gasteiger partial charge in [-0.3, -0.25) is 0 Å².